The Morgan fingerprint density at radius 2 is 1.86 bits per heavy atom. The third-order valence-electron chi connectivity index (χ3n) is 3.02. The summed E-state index contributed by atoms with van der Waals surface area (Å²) >= 11 is 0. The van der Waals surface area contributed by atoms with Gasteiger partial charge in [0.2, 0.25) is 0 Å². The van der Waals surface area contributed by atoms with Crippen molar-refractivity contribution in [3.63, 3.8) is 0 Å². The van der Waals surface area contributed by atoms with Gasteiger partial charge >= 0.3 is 0 Å². The summed E-state index contributed by atoms with van der Waals surface area (Å²) in [6.07, 6.45) is 8.82. The first-order chi connectivity index (χ1) is 6.90. The molecule has 0 N–H and O–H groups in total. The number of benzene rings is 1. The number of aryl methyl sites for hydroxylation is 1. The lowest BCUT2D eigenvalue weighted by molar-refractivity contribution is 0.742. The summed E-state index contributed by atoms with van der Waals surface area (Å²) in [7, 11) is 0. The van der Waals surface area contributed by atoms with Crippen molar-refractivity contribution >= 4 is 5.57 Å². The van der Waals surface area contributed by atoms with Crippen LogP contribution < -0.4 is 0 Å². The first kappa shape index (κ1) is 9.51. The fraction of sp³-hybridized carbons (Fsp3) is 0.429. The Bertz CT molecular complexity index is 316. The van der Waals surface area contributed by atoms with Crippen LogP contribution in [0.3, 0.4) is 0 Å². The lowest BCUT2D eigenvalue weighted by Crippen LogP contribution is -1.91. The van der Waals surface area contributed by atoms with Crippen molar-refractivity contribution in [3.05, 3.63) is 41.5 Å². The molecule has 0 radical (unpaired) electrons. The van der Waals surface area contributed by atoms with Gasteiger partial charge in [0.25, 0.3) is 0 Å². The van der Waals surface area contributed by atoms with Gasteiger partial charge in [0, 0.05) is 0 Å². The Morgan fingerprint density at radius 1 is 1.07 bits per heavy atom. The summed E-state index contributed by atoms with van der Waals surface area (Å²) in [5.74, 6) is 0. The summed E-state index contributed by atoms with van der Waals surface area (Å²) in [4.78, 5) is 0. The topological polar surface area (TPSA) is 0 Å². The standard InChI is InChI=1S/C14H18/c1-2-12-8-10-14(11-9-12)13-6-4-3-5-7-13/h6,8-11H,2-5,7H2,1H3. The van der Waals surface area contributed by atoms with Crippen molar-refractivity contribution in [2.45, 2.75) is 39.0 Å². The highest BCUT2D eigenvalue weighted by atomic mass is 14.1. The molecule has 0 heteroatoms. The van der Waals surface area contributed by atoms with E-state index >= 15 is 0 Å². The predicted octanol–water partition coefficient (Wildman–Crippen LogP) is 4.21. The molecule has 0 saturated heterocycles. The van der Waals surface area contributed by atoms with Crippen molar-refractivity contribution in [2.75, 3.05) is 0 Å². The lowest BCUT2D eigenvalue weighted by atomic mass is 9.93. The van der Waals surface area contributed by atoms with Gasteiger partial charge in [-0.05, 0) is 48.8 Å². The Morgan fingerprint density at radius 3 is 2.43 bits per heavy atom. The van der Waals surface area contributed by atoms with Gasteiger partial charge in [-0.2, -0.15) is 0 Å². The molecule has 0 spiro atoms. The summed E-state index contributed by atoms with van der Waals surface area (Å²) in [6, 6.07) is 9.06. The molecule has 1 aliphatic carbocycles. The van der Waals surface area contributed by atoms with E-state index in [2.05, 4.69) is 37.3 Å². The highest BCUT2D eigenvalue weighted by Crippen LogP contribution is 2.26. The van der Waals surface area contributed by atoms with E-state index in [-0.39, 0.29) is 0 Å². The van der Waals surface area contributed by atoms with E-state index in [1.165, 1.54) is 36.8 Å². The van der Waals surface area contributed by atoms with Crippen LogP contribution in [-0.2, 0) is 6.42 Å². The molecular weight excluding hydrogens is 168 g/mol. The molecule has 1 aliphatic rings. The van der Waals surface area contributed by atoms with E-state index in [0.29, 0.717) is 0 Å². The minimum absolute atomic E-state index is 1.14. The highest BCUT2D eigenvalue weighted by Gasteiger charge is 2.05. The molecule has 2 rings (SSSR count). The van der Waals surface area contributed by atoms with Crippen molar-refractivity contribution in [2.24, 2.45) is 0 Å². The third kappa shape index (κ3) is 2.06. The van der Waals surface area contributed by atoms with Crippen LogP contribution in [0.5, 0.6) is 0 Å². The Kier molecular flexibility index (Phi) is 3.03. The van der Waals surface area contributed by atoms with Crippen molar-refractivity contribution in [3.8, 4) is 0 Å². The van der Waals surface area contributed by atoms with Crippen LogP contribution in [0.4, 0.5) is 0 Å². The second-order valence-corrected chi connectivity index (χ2v) is 4.03. The largest absolute Gasteiger partial charge is 0.0807 e. The Balaban J connectivity index is 2.19. The molecule has 74 valence electrons. The smallest absolute Gasteiger partial charge is 0.0228 e. The van der Waals surface area contributed by atoms with Crippen LogP contribution in [0.25, 0.3) is 5.57 Å². The van der Waals surface area contributed by atoms with Crippen molar-refractivity contribution in [1.29, 1.82) is 0 Å². The van der Waals surface area contributed by atoms with Gasteiger partial charge in [-0.15, -0.1) is 0 Å². The molecule has 14 heavy (non-hydrogen) atoms. The van der Waals surface area contributed by atoms with Crippen LogP contribution in [-0.4, -0.2) is 0 Å². The van der Waals surface area contributed by atoms with Gasteiger partial charge in [-0.25, -0.2) is 0 Å². The maximum Gasteiger partial charge on any atom is -0.0228 e. The van der Waals surface area contributed by atoms with E-state index in [1.54, 1.807) is 5.57 Å². The van der Waals surface area contributed by atoms with Crippen molar-refractivity contribution in [1.82, 2.24) is 0 Å². The Hall–Kier alpha value is -1.04. The van der Waals surface area contributed by atoms with Crippen LogP contribution in [0.1, 0.15) is 43.7 Å². The van der Waals surface area contributed by atoms with Gasteiger partial charge in [0.15, 0.2) is 0 Å². The van der Waals surface area contributed by atoms with Crippen LogP contribution >= 0.6 is 0 Å². The molecule has 1 aromatic carbocycles. The predicted molar refractivity (Wildman–Crippen MR) is 62.3 cm³/mol. The van der Waals surface area contributed by atoms with Gasteiger partial charge in [-0.3, -0.25) is 0 Å². The molecule has 0 saturated carbocycles. The third-order valence-corrected chi connectivity index (χ3v) is 3.02. The molecule has 0 atom stereocenters. The van der Waals surface area contributed by atoms with Gasteiger partial charge in [0.1, 0.15) is 0 Å². The normalized spacial score (nSPS) is 16.5. The molecule has 0 aromatic heterocycles. The molecule has 1 aromatic rings. The van der Waals surface area contributed by atoms with Gasteiger partial charge in [-0.1, -0.05) is 37.3 Å². The fourth-order valence-corrected chi connectivity index (χ4v) is 2.05. The summed E-state index contributed by atoms with van der Waals surface area (Å²) in [6.45, 7) is 2.20. The fourth-order valence-electron chi connectivity index (χ4n) is 2.05. The SMILES string of the molecule is CCc1ccc(C2=CCCCC2)cc1. The maximum atomic E-state index is 2.41. The molecule has 0 amide bonds. The summed E-state index contributed by atoms with van der Waals surface area (Å²) in [5, 5.41) is 0. The van der Waals surface area contributed by atoms with Crippen LogP contribution in [0, 0.1) is 0 Å². The second kappa shape index (κ2) is 4.45. The van der Waals surface area contributed by atoms with Crippen LogP contribution in [0.2, 0.25) is 0 Å². The monoisotopic (exact) mass is 186 g/mol. The number of hydrogen-bond acceptors (Lipinski definition) is 0. The van der Waals surface area contributed by atoms with Gasteiger partial charge < -0.3 is 0 Å². The number of hydrogen-bond donors (Lipinski definition) is 0. The van der Waals surface area contributed by atoms with Gasteiger partial charge in [0.05, 0.1) is 0 Å². The molecular formula is C14H18. The minimum atomic E-state index is 1.14. The summed E-state index contributed by atoms with van der Waals surface area (Å²) in [5.41, 5.74) is 4.42. The zero-order chi connectivity index (χ0) is 9.80. The van der Waals surface area contributed by atoms with Crippen molar-refractivity contribution < 1.29 is 0 Å². The average molecular weight is 186 g/mol. The molecule has 0 nitrogen and oxygen atoms in total. The highest BCUT2D eigenvalue weighted by molar-refractivity contribution is 5.66. The number of allylic oxidation sites excluding steroid dienone is 2. The Labute approximate surface area is 86.7 Å². The molecule has 0 unspecified atom stereocenters. The zero-order valence-electron chi connectivity index (χ0n) is 8.92. The lowest BCUT2D eigenvalue weighted by Gasteiger charge is -2.12. The maximum absolute atomic E-state index is 2.41. The molecule has 0 fully saturated rings. The quantitative estimate of drug-likeness (QED) is 0.649. The average Bonchev–Trinajstić information content (AvgIpc) is 2.30. The molecule has 0 heterocycles. The van der Waals surface area contributed by atoms with E-state index in [4.69, 9.17) is 0 Å². The van der Waals surface area contributed by atoms with E-state index in [1.807, 2.05) is 0 Å². The number of rotatable bonds is 2. The molecule has 0 aliphatic heterocycles. The first-order valence-corrected chi connectivity index (χ1v) is 5.68. The van der Waals surface area contributed by atoms with E-state index in [9.17, 15) is 0 Å². The molecule has 0 bridgehead atoms. The first-order valence-electron chi connectivity index (χ1n) is 5.68. The summed E-state index contributed by atoms with van der Waals surface area (Å²) < 4.78 is 0. The van der Waals surface area contributed by atoms with E-state index < -0.39 is 0 Å². The zero-order valence-corrected chi connectivity index (χ0v) is 8.92. The van der Waals surface area contributed by atoms with E-state index in [0.717, 1.165) is 6.42 Å². The van der Waals surface area contributed by atoms with Crippen LogP contribution in [0.15, 0.2) is 30.3 Å². The minimum Gasteiger partial charge on any atom is -0.0807 e. The second-order valence-electron chi connectivity index (χ2n) is 4.03.